The molecule has 0 aromatic heterocycles. The minimum atomic E-state index is 0. The quantitative estimate of drug-likeness (QED) is 0.745. The number of benzene rings is 1. The second kappa shape index (κ2) is 7.70. The van der Waals surface area contributed by atoms with Crippen LogP contribution in [0.2, 0.25) is 0 Å². The van der Waals surface area contributed by atoms with Gasteiger partial charge in [0.15, 0.2) is 0 Å². The molecule has 1 N–H and O–H groups in total. The maximum atomic E-state index is 11.1. The summed E-state index contributed by atoms with van der Waals surface area (Å²) >= 11 is 0. The first-order chi connectivity index (χ1) is 5.83. The van der Waals surface area contributed by atoms with E-state index in [4.69, 9.17) is 0 Å². The van der Waals surface area contributed by atoms with E-state index in [0.717, 1.165) is 12.1 Å². The van der Waals surface area contributed by atoms with Gasteiger partial charge in [-0.15, -0.1) is 0 Å². The second-order valence-corrected chi connectivity index (χ2v) is 2.66. The Balaban J connectivity index is 0.00000144. The first-order valence-electron chi connectivity index (χ1n) is 4.18. The number of anilines is 1. The van der Waals surface area contributed by atoms with Crippen LogP contribution in [-0.4, -0.2) is 57.3 Å². The van der Waals surface area contributed by atoms with Gasteiger partial charge in [-0.05, 0) is 18.6 Å². The van der Waals surface area contributed by atoms with Crippen LogP contribution in [0.4, 0.5) is 5.69 Å². The van der Waals surface area contributed by atoms with Gasteiger partial charge in [-0.25, -0.2) is 0 Å². The summed E-state index contributed by atoms with van der Waals surface area (Å²) in [5.41, 5.74) is 0.871. The van der Waals surface area contributed by atoms with Crippen molar-refractivity contribution in [1.82, 2.24) is 0 Å². The molecule has 3 heteroatoms. The number of hydrogen-bond donors (Lipinski definition) is 1. The second-order valence-electron chi connectivity index (χ2n) is 2.66. The maximum absolute atomic E-state index is 11.1. The van der Waals surface area contributed by atoms with Gasteiger partial charge in [0.05, 0.1) is 0 Å². The van der Waals surface area contributed by atoms with Crippen LogP contribution in [0.3, 0.4) is 0 Å². The van der Waals surface area contributed by atoms with Crippen LogP contribution in [0.5, 0.6) is 0 Å². The molecule has 0 aliphatic heterocycles. The Kier molecular flexibility index (Phi) is 7.90. The van der Waals surface area contributed by atoms with Gasteiger partial charge in [-0.3, -0.25) is 4.79 Å². The van der Waals surface area contributed by atoms with Crippen LogP contribution >= 0.6 is 0 Å². The fourth-order valence-electron chi connectivity index (χ4n) is 0.972. The van der Waals surface area contributed by atoms with Crippen molar-refractivity contribution < 1.29 is 4.79 Å². The fraction of sp³-hybridized carbons (Fsp3) is 0.300. The van der Waals surface area contributed by atoms with Crippen molar-refractivity contribution in [2.24, 2.45) is 0 Å². The van der Waals surface area contributed by atoms with Crippen molar-refractivity contribution in [3.63, 3.8) is 0 Å². The van der Waals surface area contributed by atoms with Crippen LogP contribution in [0.25, 0.3) is 0 Å². The monoisotopic (exact) mass is 203 g/mol. The van der Waals surface area contributed by atoms with Crippen LogP contribution in [-0.2, 0) is 4.79 Å². The number of rotatable bonds is 3. The summed E-state index contributed by atoms with van der Waals surface area (Å²) in [6, 6.07) is 9.50. The summed E-state index contributed by atoms with van der Waals surface area (Å²) < 4.78 is 0. The molecule has 1 aromatic carbocycles. The molecule has 66 valence electrons. The average molecular weight is 203 g/mol. The Bertz CT molecular complexity index is 248. The minimum absolute atomic E-state index is 0. The summed E-state index contributed by atoms with van der Waals surface area (Å²) in [7, 11) is 0. The normalized spacial score (nSPS) is 8.69. The molecule has 0 saturated heterocycles. The third kappa shape index (κ3) is 5.60. The van der Waals surface area contributed by atoms with Gasteiger partial charge in [-0.1, -0.05) is 25.1 Å². The Labute approximate surface area is 122 Å². The molecule has 0 fully saturated rings. The molecule has 1 amide bonds. The molecule has 2 nitrogen and oxygen atoms in total. The van der Waals surface area contributed by atoms with Gasteiger partial charge in [0, 0.05) is 12.1 Å². The van der Waals surface area contributed by atoms with Crippen molar-refractivity contribution in [3.05, 3.63) is 30.3 Å². The molecule has 0 atom stereocenters. The molecule has 0 heterocycles. The fourth-order valence-corrected chi connectivity index (χ4v) is 0.972. The molecule has 0 aliphatic carbocycles. The molecule has 13 heavy (non-hydrogen) atoms. The van der Waals surface area contributed by atoms with E-state index in [1.54, 1.807) is 0 Å². The number of nitrogens with one attached hydrogen (secondary N) is 1. The Morgan fingerprint density at radius 2 is 1.92 bits per heavy atom. The van der Waals surface area contributed by atoms with Crippen LogP contribution in [0.15, 0.2) is 30.3 Å². The summed E-state index contributed by atoms with van der Waals surface area (Å²) in [6.07, 6.45) is 1.48. The van der Waals surface area contributed by atoms with Gasteiger partial charge in [-0.2, -0.15) is 0 Å². The molecule has 1 rings (SSSR count). The van der Waals surface area contributed by atoms with Gasteiger partial charge < -0.3 is 5.32 Å². The van der Waals surface area contributed by atoms with E-state index in [1.165, 1.54) is 0 Å². The first-order valence-corrected chi connectivity index (χ1v) is 4.18. The molecule has 0 bridgehead atoms. The number of carbonyl (C=O) groups excluding carboxylic acids is 1. The third-order valence-corrected chi connectivity index (χ3v) is 1.53. The van der Waals surface area contributed by atoms with E-state index in [9.17, 15) is 4.79 Å². The van der Waals surface area contributed by atoms with Gasteiger partial charge in [0.25, 0.3) is 0 Å². The predicted molar refractivity (Wildman–Crippen MR) is 57.1 cm³/mol. The van der Waals surface area contributed by atoms with E-state index in [2.05, 4.69) is 5.32 Å². The Hall–Kier alpha value is 0.326. The number of carbonyl (C=O) groups is 1. The molecule has 0 spiro atoms. The summed E-state index contributed by atoms with van der Waals surface area (Å²) in [6.45, 7) is 1.99. The van der Waals surface area contributed by atoms with Crippen LogP contribution in [0.1, 0.15) is 19.8 Å². The number of hydrogen-bond acceptors (Lipinski definition) is 1. The topological polar surface area (TPSA) is 29.1 Å². The molecule has 0 aliphatic rings. The van der Waals surface area contributed by atoms with Gasteiger partial charge in [0.1, 0.15) is 0 Å². The van der Waals surface area contributed by atoms with Crippen molar-refractivity contribution in [2.75, 3.05) is 5.32 Å². The molecular weight excluding hydrogens is 189 g/mol. The summed E-state index contributed by atoms with van der Waals surface area (Å²) in [4.78, 5) is 11.1. The average Bonchev–Trinajstić information content (AvgIpc) is 2.06. The standard InChI is InChI=1S/C10H13NO.K.H/c1-2-6-10(12)11-9-7-4-3-5-8-9;;/h3-5,7-8H,2,6H2,1H3,(H,11,12);;. The van der Waals surface area contributed by atoms with Crippen LogP contribution < -0.4 is 5.32 Å². The van der Waals surface area contributed by atoms with E-state index >= 15 is 0 Å². The van der Waals surface area contributed by atoms with E-state index < -0.39 is 0 Å². The van der Waals surface area contributed by atoms with Crippen molar-refractivity contribution in [3.8, 4) is 0 Å². The molecular formula is C10H14KNO. The zero-order chi connectivity index (χ0) is 8.81. The zero-order valence-electron chi connectivity index (χ0n) is 7.21. The zero-order valence-corrected chi connectivity index (χ0v) is 7.21. The Morgan fingerprint density at radius 1 is 1.31 bits per heavy atom. The van der Waals surface area contributed by atoms with E-state index in [1.807, 2.05) is 37.3 Å². The SMILES string of the molecule is CCCC(=O)Nc1ccccc1.[KH]. The number of para-hydroxylation sites is 1. The van der Waals surface area contributed by atoms with Crippen molar-refractivity contribution in [1.29, 1.82) is 0 Å². The molecule has 0 saturated carbocycles. The first kappa shape index (κ1) is 13.3. The van der Waals surface area contributed by atoms with Crippen molar-refractivity contribution >= 4 is 63.0 Å². The van der Waals surface area contributed by atoms with E-state index in [0.29, 0.717) is 6.42 Å². The number of amides is 1. The van der Waals surface area contributed by atoms with Crippen molar-refractivity contribution in [2.45, 2.75) is 19.8 Å². The Morgan fingerprint density at radius 3 is 2.46 bits per heavy atom. The molecule has 0 radical (unpaired) electrons. The molecule has 0 unspecified atom stereocenters. The van der Waals surface area contributed by atoms with Gasteiger partial charge in [0.2, 0.25) is 5.91 Å². The predicted octanol–water partition coefficient (Wildman–Crippen LogP) is 1.78. The third-order valence-electron chi connectivity index (χ3n) is 1.53. The van der Waals surface area contributed by atoms with Gasteiger partial charge >= 0.3 is 51.4 Å². The van der Waals surface area contributed by atoms with Crippen LogP contribution in [0, 0.1) is 0 Å². The summed E-state index contributed by atoms with van der Waals surface area (Å²) in [5, 5.41) is 2.80. The summed E-state index contributed by atoms with van der Waals surface area (Å²) in [5.74, 6) is 0.0868. The molecule has 1 aromatic rings. The van der Waals surface area contributed by atoms with E-state index in [-0.39, 0.29) is 57.3 Å².